The fourth-order valence-corrected chi connectivity index (χ4v) is 1.98. The van der Waals surface area contributed by atoms with Crippen molar-refractivity contribution in [1.29, 1.82) is 0 Å². The molecule has 1 saturated heterocycles. The zero-order valence-corrected chi connectivity index (χ0v) is 9.52. The lowest BCUT2D eigenvalue weighted by atomic mass is 10.1. The monoisotopic (exact) mass is 225 g/mol. The van der Waals surface area contributed by atoms with Gasteiger partial charge in [-0.05, 0) is 14.0 Å². The van der Waals surface area contributed by atoms with E-state index in [0.29, 0.717) is 18.9 Å². The van der Waals surface area contributed by atoms with Gasteiger partial charge in [0, 0.05) is 25.6 Å². The minimum absolute atomic E-state index is 0.0531. The zero-order valence-electron chi connectivity index (χ0n) is 9.52. The zero-order chi connectivity index (χ0) is 11.5. The maximum absolute atomic E-state index is 13.3. The summed E-state index contributed by atoms with van der Waals surface area (Å²) in [5, 5.41) is 10.8. The first-order valence-corrected chi connectivity index (χ1v) is 5.39. The van der Waals surface area contributed by atoms with E-state index in [2.05, 4.69) is 20.5 Å². The molecule has 1 aliphatic rings. The maximum Gasteiger partial charge on any atom is 0.243 e. The van der Waals surface area contributed by atoms with Crippen LogP contribution in [-0.4, -0.2) is 52.4 Å². The molecule has 1 N–H and O–H groups in total. The van der Waals surface area contributed by atoms with Crippen molar-refractivity contribution in [3.8, 4) is 0 Å². The van der Waals surface area contributed by atoms with Crippen molar-refractivity contribution in [1.82, 2.24) is 20.1 Å². The number of alkyl halides is 1. The topological polar surface area (TPSA) is 53.9 Å². The van der Waals surface area contributed by atoms with Gasteiger partial charge in [-0.3, -0.25) is 0 Å². The highest BCUT2D eigenvalue weighted by Gasteiger charge is 2.25. The van der Waals surface area contributed by atoms with Gasteiger partial charge < -0.3 is 10.2 Å². The Hall–Kier alpha value is -1.30. The van der Waals surface area contributed by atoms with E-state index in [0.717, 1.165) is 12.2 Å². The Kier molecular flexibility index (Phi) is 3.28. The van der Waals surface area contributed by atoms with E-state index in [4.69, 9.17) is 0 Å². The molecule has 0 aromatic carbocycles. The normalized spacial score (nSPS) is 26.7. The summed E-state index contributed by atoms with van der Waals surface area (Å²) < 4.78 is 13.3. The van der Waals surface area contributed by atoms with Crippen molar-refractivity contribution in [2.24, 2.45) is 0 Å². The van der Waals surface area contributed by atoms with Crippen LogP contribution in [0.2, 0.25) is 0 Å². The van der Waals surface area contributed by atoms with Crippen molar-refractivity contribution in [2.45, 2.75) is 25.6 Å². The molecule has 1 aromatic rings. The third kappa shape index (κ3) is 2.85. The fraction of sp³-hybridized carbons (Fsp3) is 0.700. The number of nitrogens with zero attached hydrogens (tertiary/aromatic N) is 4. The van der Waals surface area contributed by atoms with Gasteiger partial charge in [0.05, 0.1) is 11.9 Å². The largest absolute Gasteiger partial charge is 0.349 e. The van der Waals surface area contributed by atoms with Crippen LogP contribution in [-0.2, 0) is 0 Å². The van der Waals surface area contributed by atoms with Crippen LogP contribution in [0.3, 0.4) is 0 Å². The van der Waals surface area contributed by atoms with Crippen LogP contribution in [0.5, 0.6) is 0 Å². The molecule has 0 amide bonds. The molecule has 1 aromatic heterocycles. The molecule has 0 radical (unpaired) electrons. The highest BCUT2D eigenvalue weighted by Crippen LogP contribution is 2.15. The average Bonchev–Trinajstić information content (AvgIpc) is 2.15. The first-order valence-electron chi connectivity index (χ1n) is 5.39. The van der Waals surface area contributed by atoms with Gasteiger partial charge in [-0.2, -0.15) is 5.10 Å². The van der Waals surface area contributed by atoms with E-state index >= 15 is 0 Å². The number of likely N-dealkylation sites (N-methyl/N-ethyl adjacent to an activating group) is 1. The Morgan fingerprint density at radius 1 is 1.50 bits per heavy atom. The number of hydrogen-bond donors (Lipinski definition) is 1. The minimum Gasteiger partial charge on any atom is -0.349 e. The summed E-state index contributed by atoms with van der Waals surface area (Å²) >= 11 is 0. The SMILES string of the molecule is Cc1cnnc(N[C@@H]2C[C@H](F)CN(C)C2)n1. The third-order valence-electron chi connectivity index (χ3n) is 2.59. The first-order chi connectivity index (χ1) is 7.63. The van der Waals surface area contributed by atoms with Crippen molar-refractivity contribution >= 4 is 5.95 Å². The van der Waals surface area contributed by atoms with Crippen molar-refractivity contribution in [2.75, 3.05) is 25.5 Å². The summed E-state index contributed by atoms with van der Waals surface area (Å²) in [7, 11) is 1.91. The van der Waals surface area contributed by atoms with Crippen LogP contribution in [0.25, 0.3) is 0 Å². The van der Waals surface area contributed by atoms with Gasteiger partial charge in [0.2, 0.25) is 5.95 Å². The second-order valence-corrected chi connectivity index (χ2v) is 4.32. The predicted octanol–water partition coefficient (Wildman–Crippen LogP) is 0.634. The molecule has 0 spiro atoms. The number of rotatable bonds is 2. The number of piperidine rings is 1. The average molecular weight is 225 g/mol. The molecule has 88 valence electrons. The number of halogens is 1. The van der Waals surface area contributed by atoms with E-state index in [1.165, 1.54) is 0 Å². The Morgan fingerprint density at radius 2 is 2.31 bits per heavy atom. The summed E-state index contributed by atoms with van der Waals surface area (Å²) in [5.41, 5.74) is 0.804. The predicted molar refractivity (Wildman–Crippen MR) is 59.0 cm³/mol. The second kappa shape index (κ2) is 4.69. The van der Waals surface area contributed by atoms with Crippen LogP contribution >= 0.6 is 0 Å². The molecular formula is C10H16FN5. The lowest BCUT2D eigenvalue weighted by Crippen LogP contribution is -2.45. The lowest BCUT2D eigenvalue weighted by Gasteiger charge is -2.32. The molecule has 0 saturated carbocycles. The van der Waals surface area contributed by atoms with E-state index in [1.807, 2.05) is 18.9 Å². The van der Waals surface area contributed by atoms with Gasteiger partial charge in [0.1, 0.15) is 6.17 Å². The molecule has 1 aliphatic heterocycles. The van der Waals surface area contributed by atoms with Gasteiger partial charge in [0.15, 0.2) is 0 Å². The Morgan fingerprint density at radius 3 is 3.00 bits per heavy atom. The molecule has 0 aliphatic carbocycles. The molecule has 6 heteroatoms. The first kappa shape index (κ1) is 11.2. The van der Waals surface area contributed by atoms with Gasteiger partial charge in [0.25, 0.3) is 0 Å². The van der Waals surface area contributed by atoms with E-state index < -0.39 is 6.17 Å². The molecule has 1 fully saturated rings. The summed E-state index contributed by atoms with van der Waals surface area (Å²) in [6.07, 6.45) is 1.31. The van der Waals surface area contributed by atoms with Crippen molar-refractivity contribution in [3.05, 3.63) is 11.9 Å². The quantitative estimate of drug-likeness (QED) is 0.800. The van der Waals surface area contributed by atoms with Gasteiger partial charge in [-0.15, -0.1) is 5.10 Å². The molecule has 2 rings (SSSR count). The molecule has 16 heavy (non-hydrogen) atoms. The van der Waals surface area contributed by atoms with E-state index in [9.17, 15) is 4.39 Å². The van der Waals surface area contributed by atoms with Crippen LogP contribution < -0.4 is 5.32 Å². The summed E-state index contributed by atoms with van der Waals surface area (Å²) in [6.45, 7) is 3.16. The van der Waals surface area contributed by atoms with E-state index in [1.54, 1.807) is 6.20 Å². The molecule has 0 unspecified atom stereocenters. The number of hydrogen-bond acceptors (Lipinski definition) is 5. The highest BCUT2D eigenvalue weighted by molar-refractivity contribution is 5.25. The lowest BCUT2D eigenvalue weighted by molar-refractivity contribution is 0.153. The van der Waals surface area contributed by atoms with Crippen LogP contribution in [0.4, 0.5) is 10.3 Å². The number of aromatic nitrogens is 3. The summed E-state index contributed by atoms with van der Waals surface area (Å²) in [6, 6.07) is 0.0531. The smallest absolute Gasteiger partial charge is 0.243 e. The number of aryl methyl sites for hydroxylation is 1. The molecular weight excluding hydrogens is 209 g/mol. The van der Waals surface area contributed by atoms with Gasteiger partial charge in [-0.25, -0.2) is 9.37 Å². The molecule has 2 atom stereocenters. The summed E-state index contributed by atoms with van der Waals surface area (Å²) in [5.74, 6) is 0.479. The van der Waals surface area contributed by atoms with E-state index in [-0.39, 0.29) is 6.04 Å². The standard InChI is InChI=1S/C10H16FN5/c1-7-4-12-15-10(13-7)14-9-3-8(11)5-16(2)6-9/h4,8-9H,3,5-6H2,1-2H3,(H,13,14,15)/t8-,9+/m0/s1. The Labute approximate surface area is 94.1 Å². The van der Waals surface area contributed by atoms with Crippen molar-refractivity contribution < 1.29 is 4.39 Å². The minimum atomic E-state index is -0.783. The van der Waals surface area contributed by atoms with Crippen molar-refractivity contribution in [3.63, 3.8) is 0 Å². The number of likely N-dealkylation sites (tertiary alicyclic amines) is 1. The third-order valence-corrected chi connectivity index (χ3v) is 2.59. The molecule has 2 heterocycles. The second-order valence-electron chi connectivity index (χ2n) is 4.32. The van der Waals surface area contributed by atoms with Gasteiger partial charge >= 0.3 is 0 Å². The number of anilines is 1. The Bertz CT molecular complexity index is 349. The van der Waals surface area contributed by atoms with Gasteiger partial charge in [-0.1, -0.05) is 0 Å². The molecule has 0 bridgehead atoms. The summed E-state index contributed by atoms with van der Waals surface area (Å²) in [4.78, 5) is 6.16. The van der Waals surface area contributed by atoms with Crippen LogP contribution in [0, 0.1) is 6.92 Å². The fourth-order valence-electron chi connectivity index (χ4n) is 1.98. The molecule has 5 nitrogen and oxygen atoms in total. The number of nitrogens with one attached hydrogen (secondary N) is 1. The maximum atomic E-state index is 13.3. The van der Waals surface area contributed by atoms with Crippen LogP contribution in [0.15, 0.2) is 6.20 Å². The van der Waals surface area contributed by atoms with Crippen LogP contribution in [0.1, 0.15) is 12.1 Å². The highest BCUT2D eigenvalue weighted by atomic mass is 19.1. The Balaban J connectivity index is 1.98.